The van der Waals surface area contributed by atoms with Crippen molar-refractivity contribution >= 4 is 17.3 Å². The first kappa shape index (κ1) is 19.2. The molecule has 3 rings (SSSR count). The lowest BCUT2D eigenvalue weighted by Gasteiger charge is -2.30. The van der Waals surface area contributed by atoms with Crippen molar-refractivity contribution in [2.24, 2.45) is 0 Å². The van der Waals surface area contributed by atoms with Crippen LogP contribution in [0.15, 0.2) is 52.9 Å². The standard InChI is InChI=1S/C19H13ClF5NO/c1-10-4-18(27-9-11-2-3-12(21)5-15(11)23)14(20)8-26(10)19-16(24)6-13(22)7-17(19)25/h2-7H,8-9H2,1H3. The van der Waals surface area contributed by atoms with Crippen molar-refractivity contribution in [2.45, 2.75) is 13.5 Å². The van der Waals surface area contributed by atoms with Crippen LogP contribution in [-0.2, 0) is 11.3 Å². The van der Waals surface area contributed by atoms with E-state index in [9.17, 15) is 22.0 Å². The first-order valence-electron chi connectivity index (χ1n) is 7.82. The molecule has 2 aromatic rings. The third-order valence-corrected chi connectivity index (χ3v) is 4.29. The zero-order valence-electron chi connectivity index (χ0n) is 14.0. The van der Waals surface area contributed by atoms with Gasteiger partial charge in [0.15, 0.2) is 11.6 Å². The highest BCUT2D eigenvalue weighted by Crippen LogP contribution is 2.33. The molecule has 0 fully saturated rings. The topological polar surface area (TPSA) is 12.5 Å². The van der Waals surface area contributed by atoms with Crippen LogP contribution in [0.1, 0.15) is 12.5 Å². The summed E-state index contributed by atoms with van der Waals surface area (Å²) in [5, 5.41) is 0.117. The number of rotatable bonds is 4. The summed E-state index contributed by atoms with van der Waals surface area (Å²) in [7, 11) is 0. The average molecular weight is 402 g/mol. The number of anilines is 1. The van der Waals surface area contributed by atoms with Crippen LogP contribution in [0, 0.1) is 29.1 Å². The monoisotopic (exact) mass is 401 g/mol. The van der Waals surface area contributed by atoms with E-state index in [1.165, 1.54) is 17.0 Å². The minimum atomic E-state index is -1.07. The summed E-state index contributed by atoms with van der Waals surface area (Å²) >= 11 is 6.16. The molecule has 0 aromatic heterocycles. The Morgan fingerprint density at radius 2 is 1.59 bits per heavy atom. The summed E-state index contributed by atoms with van der Waals surface area (Å²) in [6.07, 6.45) is 1.43. The molecule has 0 aliphatic carbocycles. The van der Waals surface area contributed by atoms with E-state index in [0.717, 1.165) is 12.1 Å². The Kier molecular flexibility index (Phi) is 5.41. The van der Waals surface area contributed by atoms with Gasteiger partial charge in [-0.1, -0.05) is 11.6 Å². The van der Waals surface area contributed by atoms with E-state index in [1.54, 1.807) is 6.92 Å². The Bertz CT molecular complexity index is 934. The van der Waals surface area contributed by atoms with Crippen molar-refractivity contribution in [1.82, 2.24) is 0 Å². The summed E-state index contributed by atoms with van der Waals surface area (Å²) in [5.74, 6) is -4.44. The first-order valence-corrected chi connectivity index (χ1v) is 8.20. The smallest absolute Gasteiger partial charge is 0.152 e. The molecule has 1 aliphatic rings. The van der Waals surface area contributed by atoms with Crippen LogP contribution in [0.2, 0.25) is 0 Å². The van der Waals surface area contributed by atoms with Gasteiger partial charge in [-0.15, -0.1) is 0 Å². The van der Waals surface area contributed by atoms with Crippen LogP contribution in [0.3, 0.4) is 0 Å². The molecule has 0 spiro atoms. The van der Waals surface area contributed by atoms with Gasteiger partial charge in [0, 0.05) is 35.5 Å². The fourth-order valence-electron chi connectivity index (χ4n) is 2.65. The summed E-state index contributed by atoms with van der Waals surface area (Å²) < 4.78 is 73.3. The normalized spacial score (nSPS) is 14.5. The third kappa shape index (κ3) is 4.08. The van der Waals surface area contributed by atoms with E-state index >= 15 is 0 Å². The van der Waals surface area contributed by atoms with Gasteiger partial charge in [-0.05, 0) is 19.1 Å². The van der Waals surface area contributed by atoms with Crippen LogP contribution in [0.5, 0.6) is 0 Å². The maximum Gasteiger partial charge on any atom is 0.152 e. The van der Waals surface area contributed by atoms with E-state index in [2.05, 4.69) is 0 Å². The van der Waals surface area contributed by atoms with Crippen molar-refractivity contribution in [1.29, 1.82) is 0 Å². The number of benzene rings is 2. The minimum absolute atomic E-state index is 0.117. The third-order valence-electron chi connectivity index (χ3n) is 3.98. The van der Waals surface area contributed by atoms with Crippen molar-refractivity contribution in [2.75, 3.05) is 11.4 Å². The van der Waals surface area contributed by atoms with Crippen LogP contribution in [0.4, 0.5) is 27.6 Å². The van der Waals surface area contributed by atoms with Gasteiger partial charge < -0.3 is 9.64 Å². The van der Waals surface area contributed by atoms with E-state index in [1.807, 2.05) is 0 Å². The Labute approximate surface area is 157 Å². The molecule has 2 nitrogen and oxygen atoms in total. The van der Waals surface area contributed by atoms with Crippen LogP contribution < -0.4 is 4.90 Å². The number of ether oxygens (including phenoxy) is 1. The molecule has 0 radical (unpaired) electrons. The Morgan fingerprint density at radius 1 is 0.963 bits per heavy atom. The highest BCUT2D eigenvalue weighted by molar-refractivity contribution is 6.30. The maximum absolute atomic E-state index is 14.0. The quantitative estimate of drug-likeness (QED) is 0.603. The number of hydrogen-bond donors (Lipinski definition) is 0. The predicted octanol–water partition coefficient (Wildman–Crippen LogP) is 5.77. The van der Waals surface area contributed by atoms with E-state index in [4.69, 9.17) is 16.3 Å². The summed E-state index contributed by atoms with van der Waals surface area (Å²) in [5.41, 5.74) is 0.0720. The lowest BCUT2D eigenvalue weighted by atomic mass is 10.1. The number of allylic oxidation sites excluding steroid dienone is 2. The average Bonchev–Trinajstić information content (AvgIpc) is 2.56. The van der Waals surface area contributed by atoms with Crippen molar-refractivity contribution in [3.63, 3.8) is 0 Å². The van der Waals surface area contributed by atoms with Crippen LogP contribution in [0.25, 0.3) is 0 Å². The Hall–Kier alpha value is -2.54. The SMILES string of the molecule is CC1=CC(OCc2ccc(F)cc2F)=C(Cl)CN1c1c(F)cc(F)cc1F. The van der Waals surface area contributed by atoms with Crippen molar-refractivity contribution in [3.05, 3.63) is 87.5 Å². The molecule has 1 aliphatic heterocycles. The largest absolute Gasteiger partial charge is 0.487 e. The molecular weight excluding hydrogens is 389 g/mol. The second-order valence-corrected chi connectivity index (χ2v) is 6.34. The van der Waals surface area contributed by atoms with Crippen LogP contribution in [-0.4, -0.2) is 6.54 Å². The highest BCUT2D eigenvalue weighted by atomic mass is 35.5. The molecular formula is C19H13ClF5NO. The summed E-state index contributed by atoms with van der Waals surface area (Å²) in [6.45, 7) is 1.23. The van der Waals surface area contributed by atoms with E-state index in [-0.39, 0.29) is 29.5 Å². The summed E-state index contributed by atoms with van der Waals surface area (Å²) in [6, 6.07) is 4.23. The molecule has 0 unspecified atom stereocenters. The number of hydrogen-bond acceptors (Lipinski definition) is 2. The van der Waals surface area contributed by atoms with Gasteiger partial charge in [0.1, 0.15) is 35.5 Å². The van der Waals surface area contributed by atoms with Gasteiger partial charge in [0.25, 0.3) is 0 Å². The Balaban J connectivity index is 1.80. The molecule has 0 saturated carbocycles. The van der Waals surface area contributed by atoms with E-state index in [0.29, 0.717) is 17.8 Å². The molecule has 1 heterocycles. The number of nitrogens with zero attached hydrogens (tertiary/aromatic N) is 1. The fourth-order valence-corrected chi connectivity index (χ4v) is 2.88. The zero-order valence-corrected chi connectivity index (χ0v) is 14.8. The van der Waals surface area contributed by atoms with E-state index < -0.39 is 34.8 Å². The van der Waals surface area contributed by atoms with Crippen molar-refractivity contribution in [3.8, 4) is 0 Å². The molecule has 8 heteroatoms. The van der Waals surface area contributed by atoms with Crippen molar-refractivity contribution < 1.29 is 26.7 Å². The van der Waals surface area contributed by atoms with Gasteiger partial charge in [0.2, 0.25) is 0 Å². The minimum Gasteiger partial charge on any atom is -0.487 e. The molecule has 0 N–H and O–H groups in total. The fraction of sp³-hybridized carbons (Fsp3) is 0.158. The zero-order chi connectivity index (χ0) is 19.7. The van der Waals surface area contributed by atoms with Gasteiger partial charge >= 0.3 is 0 Å². The summed E-state index contributed by atoms with van der Waals surface area (Å²) in [4.78, 5) is 1.23. The lowest BCUT2D eigenvalue weighted by Crippen LogP contribution is -2.28. The predicted molar refractivity (Wildman–Crippen MR) is 91.4 cm³/mol. The van der Waals surface area contributed by atoms with Gasteiger partial charge in [-0.2, -0.15) is 0 Å². The molecule has 0 atom stereocenters. The molecule has 142 valence electrons. The molecule has 0 bridgehead atoms. The maximum atomic E-state index is 14.0. The second kappa shape index (κ2) is 7.60. The first-order chi connectivity index (χ1) is 12.8. The molecule has 27 heavy (non-hydrogen) atoms. The molecule has 2 aromatic carbocycles. The Morgan fingerprint density at radius 3 is 2.22 bits per heavy atom. The van der Waals surface area contributed by atoms with Gasteiger partial charge in [0.05, 0.1) is 11.6 Å². The van der Waals surface area contributed by atoms with Gasteiger partial charge in [-0.25, -0.2) is 22.0 Å². The molecule has 0 saturated heterocycles. The second-order valence-electron chi connectivity index (χ2n) is 5.88. The highest BCUT2D eigenvalue weighted by Gasteiger charge is 2.25. The molecule has 0 amide bonds. The lowest BCUT2D eigenvalue weighted by molar-refractivity contribution is 0.204. The van der Waals surface area contributed by atoms with Gasteiger partial charge in [-0.3, -0.25) is 0 Å². The van der Waals surface area contributed by atoms with Crippen LogP contribution >= 0.6 is 11.6 Å². The number of halogens is 6.